The molecule has 6 nitrogen and oxygen atoms in total. The van der Waals surface area contributed by atoms with Gasteiger partial charge in [0.05, 0.1) is 23.6 Å². The normalized spacial score (nSPS) is 18.2. The molecule has 0 spiro atoms. The number of nitrogens with zero attached hydrogens (tertiary/aromatic N) is 5. The Hall–Kier alpha value is -2.24. The van der Waals surface area contributed by atoms with Crippen LogP contribution in [0.4, 0.5) is 0 Å². The van der Waals surface area contributed by atoms with Gasteiger partial charge in [-0.1, -0.05) is 0 Å². The molecule has 110 valence electrons. The summed E-state index contributed by atoms with van der Waals surface area (Å²) >= 11 is 0. The minimum Gasteiger partial charge on any atom is -0.336 e. The summed E-state index contributed by atoms with van der Waals surface area (Å²) in [5, 5.41) is 0. The largest absolute Gasteiger partial charge is 0.336 e. The zero-order chi connectivity index (χ0) is 15.0. The fraction of sp³-hybridized carbons (Fsp3) is 0.467. The van der Waals surface area contributed by atoms with E-state index in [4.69, 9.17) is 0 Å². The molecular weight excluding hydrogens is 266 g/mol. The van der Waals surface area contributed by atoms with Crippen molar-refractivity contribution in [3.63, 3.8) is 0 Å². The molecule has 1 amide bonds. The summed E-state index contributed by atoms with van der Waals surface area (Å²) in [5.41, 5.74) is 2.18. The average Bonchev–Trinajstić information content (AvgIpc) is 3.05. The van der Waals surface area contributed by atoms with Gasteiger partial charge in [-0.2, -0.15) is 0 Å². The number of amides is 1. The second-order valence-electron chi connectivity index (χ2n) is 5.55. The summed E-state index contributed by atoms with van der Waals surface area (Å²) < 4.78 is 2.01. The predicted octanol–water partition coefficient (Wildman–Crippen LogP) is 1.80. The lowest BCUT2D eigenvalue weighted by Gasteiger charge is -2.23. The quantitative estimate of drug-likeness (QED) is 0.844. The van der Waals surface area contributed by atoms with Gasteiger partial charge in [0.1, 0.15) is 11.5 Å². The lowest BCUT2D eigenvalue weighted by molar-refractivity contribution is 0.0721. The summed E-state index contributed by atoms with van der Waals surface area (Å²) in [6.45, 7) is 4.57. The molecule has 0 aliphatic carbocycles. The number of likely N-dealkylation sites (tertiary alicyclic amines) is 1. The van der Waals surface area contributed by atoms with Gasteiger partial charge in [0.15, 0.2) is 0 Å². The first-order valence-electron chi connectivity index (χ1n) is 7.15. The molecule has 1 saturated heterocycles. The highest BCUT2D eigenvalue weighted by molar-refractivity contribution is 5.92. The van der Waals surface area contributed by atoms with E-state index >= 15 is 0 Å². The molecule has 0 saturated carbocycles. The molecular formula is C15H19N5O. The van der Waals surface area contributed by atoms with Crippen molar-refractivity contribution in [1.29, 1.82) is 0 Å². The maximum atomic E-state index is 12.6. The van der Waals surface area contributed by atoms with Crippen molar-refractivity contribution in [3.8, 4) is 0 Å². The highest BCUT2D eigenvalue weighted by Crippen LogP contribution is 2.32. The van der Waals surface area contributed by atoms with Gasteiger partial charge in [-0.05, 0) is 26.7 Å². The Labute approximate surface area is 123 Å². The highest BCUT2D eigenvalue weighted by atomic mass is 16.2. The second-order valence-corrected chi connectivity index (χ2v) is 5.55. The molecule has 6 heteroatoms. The minimum absolute atomic E-state index is 0.0271. The van der Waals surface area contributed by atoms with Crippen LogP contribution in [-0.4, -0.2) is 36.9 Å². The van der Waals surface area contributed by atoms with Gasteiger partial charge in [-0.3, -0.25) is 9.78 Å². The third kappa shape index (κ3) is 2.53. The van der Waals surface area contributed by atoms with E-state index in [1.165, 1.54) is 0 Å². The molecule has 1 aliphatic heterocycles. The number of hydrogen-bond donors (Lipinski definition) is 0. The molecule has 0 radical (unpaired) electrons. The first-order chi connectivity index (χ1) is 10.1. The van der Waals surface area contributed by atoms with Crippen LogP contribution in [-0.2, 0) is 7.05 Å². The Bertz CT molecular complexity index is 661. The molecule has 0 aromatic carbocycles. The zero-order valence-electron chi connectivity index (χ0n) is 12.6. The zero-order valence-corrected chi connectivity index (χ0v) is 12.6. The van der Waals surface area contributed by atoms with Crippen molar-refractivity contribution in [2.45, 2.75) is 32.7 Å². The molecule has 2 aromatic heterocycles. The van der Waals surface area contributed by atoms with Crippen LogP contribution in [0.25, 0.3) is 0 Å². The SMILES string of the molecule is Cc1cnc(C(=O)N2CCC[C@@H]2c2nc(C)cn2C)cn1. The topological polar surface area (TPSA) is 63.9 Å². The number of hydrogen-bond acceptors (Lipinski definition) is 4. The first kappa shape index (κ1) is 13.7. The number of carbonyl (C=O) groups is 1. The third-order valence-corrected chi connectivity index (χ3v) is 3.84. The summed E-state index contributed by atoms with van der Waals surface area (Å²) in [7, 11) is 1.97. The summed E-state index contributed by atoms with van der Waals surface area (Å²) in [6.07, 6.45) is 7.10. The molecule has 21 heavy (non-hydrogen) atoms. The highest BCUT2D eigenvalue weighted by Gasteiger charge is 2.33. The van der Waals surface area contributed by atoms with E-state index in [1.54, 1.807) is 12.4 Å². The summed E-state index contributed by atoms with van der Waals surface area (Å²) in [5.74, 6) is 0.879. The Morgan fingerprint density at radius 3 is 2.67 bits per heavy atom. The number of imidazole rings is 1. The molecule has 3 heterocycles. The smallest absolute Gasteiger partial charge is 0.274 e. The Balaban J connectivity index is 1.88. The van der Waals surface area contributed by atoms with Crippen LogP contribution in [0.3, 0.4) is 0 Å². The van der Waals surface area contributed by atoms with Gasteiger partial charge in [0, 0.05) is 26.0 Å². The molecule has 2 aromatic rings. The van der Waals surface area contributed by atoms with Gasteiger partial charge in [0.2, 0.25) is 0 Å². The number of aromatic nitrogens is 4. The molecule has 0 unspecified atom stereocenters. The fourth-order valence-corrected chi connectivity index (χ4v) is 2.87. The first-order valence-corrected chi connectivity index (χ1v) is 7.15. The van der Waals surface area contributed by atoms with Crippen LogP contribution >= 0.6 is 0 Å². The van der Waals surface area contributed by atoms with Gasteiger partial charge in [0.25, 0.3) is 5.91 Å². The van der Waals surface area contributed by atoms with E-state index in [9.17, 15) is 4.79 Å². The van der Waals surface area contributed by atoms with Gasteiger partial charge in [-0.15, -0.1) is 0 Å². The van der Waals surface area contributed by atoms with Gasteiger partial charge < -0.3 is 9.47 Å². The monoisotopic (exact) mass is 285 g/mol. The summed E-state index contributed by atoms with van der Waals surface area (Å²) in [4.78, 5) is 27.4. The van der Waals surface area contributed by atoms with Gasteiger partial charge in [-0.25, -0.2) is 9.97 Å². The Morgan fingerprint density at radius 1 is 1.24 bits per heavy atom. The van der Waals surface area contributed by atoms with Crippen LogP contribution in [0.15, 0.2) is 18.6 Å². The van der Waals surface area contributed by atoms with E-state index in [0.29, 0.717) is 5.69 Å². The molecule has 3 rings (SSSR count). The van der Waals surface area contributed by atoms with E-state index in [0.717, 1.165) is 36.6 Å². The number of aryl methyl sites for hydroxylation is 3. The number of rotatable bonds is 2. The van der Waals surface area contributed by atoms with E-state index in [-0.39, 0.29) is 11.9 Å². The van der Waals surface area contributed by atoms with Crippen molar-refractivity contribution >= 4 is 5.91 Å². The minimum atomic E-state index is -0.0642. The van der Waals surface area contributed by atoms with E-state index in [2.05, 4.69) is 15.0 Å². The van der Waals surface area contributed by atoms with Crippen molar-refractivity contribution in [2.24, 2.45) is 7.05 Å². The predicted molar refractivity (Wildman–Crippen MR) is 77.7 cm³/mol. The molecule has 0 N–H and O–H groups in total. The lowest BCUT2D eigenvalue weighted by atomic mass is 10.2. The summed E-state index contributed by atoms with van der Waals surface area (Å²) in [6, 6.07) is 0.0271. The maximum absolute atomic E-state index is 12.6. The molecule has 0 bridgehead atoms. The molecule has 1 atom stereocenters. The van der Waals surface area contributed by atoms with Crippen LogP contribution < -0.4 is 0 Å². The third-order valence-electron chi connectivity index (χ3n) is 3.84. The fourth-order valence-electron chi connectivity index (χ4n) is 2.87. The lowest BCUT2D eigenvalue weighted by Crippen LogP contribution is -2.32. The average molecular weight is 285 g/mol. The van der Waals surface area contributed by atoms with Gasteiger partial charge >= 0.3 is 0 Å². The van der Waals surface area contributed by atoms with Crippen molar-refractivity contribution in [2.75, 3.05) is 6.54 Å². The molecule has 1 aliphatic rings. The van der Waals surface area contributed by atoms with Crippen LogP contribution in [0.1, 0.15) is 46.6 Å². The maximum Gasteiger partial charge on any atom is 0.274 e. The Kier molecular flexibility index (Phi) is 3.45. The van der Waals surface area contributed by atoms with E-state index < -0.39 is 0 Å². The second kappa shape index (κ2) is 5.27. The van der Waals surface area contributed by atoms with Crippen LogP contribution in [0.5, 0.6) is 0 Å². The van der Waals surface area contributed by atoms with Crippen molar-refractivity contribution in [1.82, 2.24) is 24.4 Å². The van der Waals surface area contributed by atoms with Crippen molar-refractivity contribution < 1.29 is 4.79 Å². The standard InChI is InChI=1S/C15H19N5O/c1-10-7-17-12(8-16-10)15(21)20-6-4-5-13(20)14-18-11(2)9-19(14)3/h7-9,13H,4-6H2,1-3H3/t13-/m1/s1. The van der Waals surface area contributed by atoms with Crippen LogP contribution in [0.2, 0.25) is 0 Å². The number of carbonyl (C=O) groups excluding carboxylic acids is 1. The van der Waals surface area contributed by atoms with Crippen molar-refractivity contribution in [3.05, 3.63) is 41.5 Å². The van der Waals surface area contributed by atoms with Crippen LogP contribution in [0, 0.1) is 13.8 Å². The van der Waals surface area contributed by atoms with E-state index in [1.807, 2.05) is 36.6 Å². The molecule has 1 fully saturated rings. The Morgan fingerprint density at radius 2 is 2.05 bits per heavy atom.